The quantitative estimate of drug-likeness (QED) is 0.442. The van der Waals surface area contributed by atoms with Crippen LogP contribution in [0.5, 0.6) is 0 Å². The number of nitrogens with zero attached hydrogens (tertiary/aromatic N) is 3. The van der Waals surface area contributed by atoms with Gasteiger partial charge in [0, 0.05) is 48.0 Å². The Labute approximate surface area is 193 Å². The van der Waals surface area contributed by atoms with Crippen molar-refractivity contribution in [2.75, 3.05) is 19.4 Å². The molecule has 0 spiro atoms. The maximum atomic E-state index is 15.6. The van der Waals surface area contributed by atoms with E-state index in [0.717, 1.165) is 6.26 Å². The van der Waals surface area contributed by atoms with Crippen LogP contribution in [0.4, 0.5) is 4.39 Å². The Morgan fingerprint density at radius 2 is 2.00 bits per heavy atom. The molecule has 2 aliphatic rings. The van der Waals surface area contributed by atoms with Gasteiger partial charge in [0.25, 0.3) is 5.91 Å². The molecule has 0 saturated carbocycles. The van der Waals surface area contributed by atoms with E-state index in [1.165, 1.54) is 18.3 Å². The van der Waals surface area contributed by atoms with Crippen LogP contribution in [0.2, 0.25) is 0 Å². The third kappa shape index (κ3) is 3.21. The van der Waals surface area contributed by atoms with Gasteiger partial charge >= 0.3 is 0 Å². The van der Waals surface area contributed by atoms with E-state index < -0.39 is 15.7 Å². The molecule has 34 heavy (non-hydrogen) atoms. The van der Waals surface area contributed by atoms with Gasteiger partial charge in [0.1, 0.15) is 17.1 Å². The van der Waals surface area contributed by atoms with Gasteiger partial charge in [0.2, 0.25) is 0 Å². The third-order valence-electron chi connectivity index (χ3n) is 6.28. The molecule has 4 aromatic rings. The second-order valence-corrected chi connectivity index (χ2v) is 10.4. The number of benzene rings is 1. The fourth-order valence-corrected chi connectivity index (χ4v) is 4.87. The SMILES string of the molecule is CS(=O)(=O)c1ccc(-c2cc3nccc(-c4cccc(C(=O)N5CC6OCC65)c4F)c3o2)cn1. The molecule has 0 radical (unpaired) electrons. The summed E-state index contributed by atoms with van der Waals surface area (Å²) < 4.78 is 50.3. The van der Waals surface area contributed by atoms with E-state index in [9.17, 15) is 13.2 Å². The standard InChI is InChI=1S/C24H18FN3O5S/c1-34(30,31)21-6-5-13(10-27-21)19-9-17-23(33-19)15(7-8-26-17)14-3-2-4-16(22(14)25)24(29)28-11-20-18(28)12-32-20/h2-10,18,20H,11-12H2,1H3. The minimum absolute atomic E-state index is 0.000144. The van der Waals surface area contributed by atoms with Gasteiger partial charge in [0.05, 0.1) is 24.3 Å². The normalized spacial score (nSPS) is 19.4. The van der Waals surface area contributed by atoms with Crippen molar-refractivity contribution in [1.82, 2.24) is 14.9 Å². The van der Waals surface area contributed by atoms with E-state index >= 15 is 4.39 Å². The van der Waals surface area contributed by atoms with Gasteiger partial charge in [-0.25, -0.2) is 17.8 Å². The van der Waals surface area contributed by atoms with E-state index in [0.29, 0.717) is 41.1 Å². The van der Waals surface area contributed by atoms with Crippen molar-refractivity contribution in [2.24, 2.45) is 0 Å². The number of furan rings is 1. The summed E-state index contributed by atoms with van der Waals surface area (Å²) in [6.45, 7) is 0.957. The third-order valence-corrected chi connectivity index (χ3v) is 7.28. The van der Waals surface area contributed by atoms with E-state index in [4.69, 9.17) is 9.15 Å². The number of carbonyl (C=O) groups excluding carboxylic acids is 1. The van der Waals surface area contributed by atoms with Crippen LogP contribution in [-0.4, -0.2) is 60.7 Å². The minimum Gasteiger partial charge on any atom is -0.454 e. The maximum Gasteiger partial charge on any atom is 0.257 e. The lowest BCUT2D eigenvalue weighted by Gasteiger charge is -2.54. The van der Waals surface area contributed by atoms with Gasteiger partial charge in [-0.3, -0.25) is 9.78 Å². The van der Waals surface area contributed by atoms with Crippen LogP contribution in [0.25, 0.3) is 33.6 Å². The van der Waals surface area contributed by atoms with Crippen molar-refractivity contribution < 1.29 is 26.8 Å². The Kier molecular flexibility index (Phi) is 4.58. The molecule has 5 heterocycles. The van der Waals surface area contributed by atoms with Crippen molar-refractivity contribution in [3.05, 3.63) is 66.2 Å². The van der Waals surface area contributed by atoms with Crippen molar-refractivity contribution in [1.29, 1.82) is 0 Å². The van der Waals surface area contributed by atoms with E-state index in [2.05, 4.69) is 9.97 Å². The molecule has 2 aliphatic heterocycles. The molecule has 0 bridgehead atoms. The lowest BCUT2D eigenvalue weighted by atomic mass is 9.93. The molecule has 8 nitrogen and oxygen atoms in total. The smallest absolute Gasteiger partial charge is 0.257 e. The highest BCUT2D eigenvalue weighted by Crippen LogP contribution is 2.37. The number of pyridine rings is 2. The molecule has 2 atom stereocenters. The highest BCUT2D eigenvalue weighted by Gasteiger charge is 2.50. The number of sulfone groups is 1. The summed E-state index contributed by atoms with van der Waals surface area (Å²) >= 11 is 0. The van der Waals surface area contributed by atoms with Gasteiger partial charge in [-0.15, -0.1) is 0 Å². The first-order valence-electron chi connectivity index (χ1n) is 10.6. The first-order chi connectivity index (χ1) is 16.3. The van der Waals surface area contributed by atoms with E-state index in [1.807, 2.05) is 0 Å². The second-order valence-electron chi connectivity index (χ2n) is 8.40. The molecule has 3 aromatic heterocycles. The predicted molar refractivity (Wildman–Crippen MR) is 120 cm³/mol. The van der Waals surface area contributed by atoms with E-state index in [1.54, 1.807) is 41.4 Å². The second kappa shape index (κ2) is 7.44. The lowest BCUT2D eigenvalue weighted by molar-refractivity contribution is -0.195. The molecular formula is C24H18FN3O5S. The summed E-state index contributed by atoms with van der Waals surface area (Å²) in [4.78, 5) is 22.9. The van der Waals surface area contributed by atoms with Crippen LogP contribution in [0.1, 0.15) is 10.4 Å². The molecule has 1 amide bonds. The summed E-state index contributed by atoms with van der Waals surface area (Å²) in [5, 5.41) is -0.0447. The van der Waals surface area contributed by atoms with Crippen LogP contribution >= 0.6 is 0 Å². The molecule has 0 N–H and O–H groups in total. The Morgan fingerprint density at radius 1 is 1.15 bits per heavy atom. The maximum absolute atomic E-state index is 15.6. The van der Waals surface area contributed by atoms with E-state index in [-0.39, 0.29) is 34.2 Å². The predicted octanol–water partition coefficient (Wildman–Crippen LogP) is 3.32. The Balaban J connectivity index is 1.39. The number of hydrogen-bond acceptors (Lipinski definition) is 7. The number of likely N-dealkylation sites (tertiary alicyclic amines) is 1. The fourth-order valence-electron chi connectivity index (χ4n) is 4.31. The van der Waals surface area contributed by atoms with Crippen molar-refractivity contribution in [3.63, 3.8) is 0 Å². The number of amides is 1. The molecule has 2 fully saturated rings. The zero-order valence-electron chi connectivity index (χ0n) is 17.9. The van der Waals surface area contributed by atoms with Gasteiger partial charge in [0.15, 0.2) is 20.4 Å². The summed E-state index contributed by atoms with van der Waals surface area (Å²) in [7, 11) is -3.43. The molecule has 6 rings (SSSR count). The van der Waals surface area contributed by atoms with Crippen LogP contribution in [0.3, 0.4) is 0 Å². The average molecular weight is 479 g/mol. The van der Waals surface area contributed by atoms with Crippen molar-refractivity contribution >= 4 is 26.8 Å². The number of carbonyl (C=O) groups is 1. The van der Waals surface area contributed by atoms with Crippen molar-refractivity contribution in [3.8, 4) is 22.5 Å². The molecule has 2 unspecified atom stereocenters. The monoisotopic (exact) mass is 479 g/mol. The zero-order chi connectivity index (χ0) is 23.6. The Hall–Kier alpha value is -3.63. The topological polar surface area (TPSA) is 103 Å². The highest BCUT2D eigenvalue weighted by molar-refractivity contribution is 7.90. The van der Waals surface area contributed by atoms with Crippen molar-refractivity contribution in [2.45, 2.75) is 17.2 Å². The fraction of sp³-hybridized carbons (Fsp3) is 0.208. The number of halogens is 1. The zero-order valence-corrected chi connectivity index (χ0v) is 18.8. The van der Waals surface area contributed by atoms with Crippen LogP contribution in [-0.2, 0) is 14.6 Å². The van der Waals surface area contributed by atoms with Gasteiger partial charge in [-0.2, -0.15) is 0 Å². The van der Waals surface area contributed by atoms with Gasteiger partial charge < -0.3 is 14.1 Å². The van der Waals surface area contributed by atoms with Crippen LogP contribution in [0.15, 0.2) is 64.3 Å². The Morgan fingerprint density at radius 3 is 2.65 bits per heavy atom. The molecule has 1 aromatic carbocycles. The lowest BCUT2D eigenvalue weighted by Crippen LogP contribution is -2.71. The summed E-state index contributed by atoms with van der Waals surface area (Å²) in [5.74, 6) is -0.570. The molecule has 10 heteroatoms. The average Bonchev–Trinajstić information content (AvgIpc) is 3.25. The largest absolute Gasteiger partial charge is 0.454 e. The molecule has 172 valence electrons. The number of morpholine rings is 1. The first-order valence-corrected chi connectivity index (χ1v) is 12.5. The number of ether oxygens (including phenoxy) is 1. The summed E-state index contributed by atoms with van der Waals surface area (Å²) in [6, 6.07) is 11.0. The van der Waals surface area contributed by atoms with Crippen LogP contribution < -0.4 is 0 Å². The highest BCUT2D eigenvalue weighted by atomic mass is 32.2. The Bertz CT molecular complexity index is 1570. The van der Waals surface area contributed by atoms with Gasteiger partial charge in [-0.1, -0.05) is 12.1 Å². The summed E-state index contributed by atoms with van der Waals surface area (Å²) in [5.41, 5.74) is 2.08. The van der Waals surface area contributed by atoms with Crippen LogP contribution in [0, 0.1) is 5.82 Å². The number of rotatable bonds is 4. The molecular weight excluding hydrogens is 461 g/mol. The minimum atomic E-state index is -3.43. The van der Waals surface area contributed by atoms with Gasteiger partial charge in [-0.05, 0) is 24.3 Å². The molecule has 2 saturated heterocycles. The number of hydrogen-bond donors (Lipinski definition) is 0. The number of aromatic nitrogens is 2. The molecule has 0 aliphatic carbocycles. The number of fused-ring (bicyclic) bond motifs is 2. The summed E-state index contributed by atoms with van der Waals surface area (Å²) in [6.07, 6.45) is 4.09. The first kappa shape index (κ1) is 20.9.